The molecule has 1 atom stereocenters. The molecule has 0 spiro atoms. The molecule has 8 heteroatoms. The molecule has 110 valence electrons. The Labute approximate surface area is 118 Å². The fraction of sp³-hybridized carbons (Fsp3) is 0.583. The lowest BCUT2D eigenvalue weighted by atomic mass is 10.3. The summed E-state index contributed by atoms with van der Waals surface area (Å²) in [5, 5.41) is 5.73. The monoisotopic (exact) mass is 298 g/mol. The number of carbonyl (C=O) groups is 1. The molecule has 1 aliphatic heterocycles. The third-order valence-electron chi connectivity index (χ3n) is 3.00. The molecular weight excluding hydrogens is 280 g/mol. The number of anilines is 1. The Morgan fingerprint density at radius 1 is 1.40 bits per heavy atom. The largest absolute Gasteiger partial charge is 0.365 e. The van der Waals surface area contributed by atoms with E-state index in [1.54, 1.807) is 0 Å². The lowest BCUT2D eigenvalue weighted by Gasteiger charge is -2.11. The Bertz CT molecular complexity index is 571. The van der Waals surface area contributed by atoms with E-state index in [4.69, 9.17) is 0 Å². The molecule has 0 radical (unpaired) electrons. The van der Waals surface area contributed by atoms with Crippen molar-refractivity contribution in [3.05, 3.63) is 18.1 Å². The van der Waals surface area contributed by atoms with Crippen molar-refractivity contribution in [2.45, 2.75) is 25.8 Å². The van der Waals surface area contributed by atoms with Crippen molar-refractivity contribution in [2.75, 3.05) is 23.4 Å². The minimum absolute atomic E-state index is 0.118. The second-order valence-electron chi connectivity index (χ2n) is 4.79. The fourth-order valence-electron chi connectivity index (χ4n) is 1.97. The van der Waals surface area contributed by atoms with Gasteiger partial charge in [-0.05, 0) is 12.8 Å². The highest BCUT2D eigenvalue weighted by molar-refractivity contribution is 7.91. The van der Waals surface area contributed by atoms with E-state index in [0.717, 1.165) is 6.42 Å². The molecule has 1 fully saturated rings. The molecule has 1 aliphatic rings. The summed E-state index contributed by atoms with van der Waals surface area (Å²) in [4.78, 5) is 19.7. The second kappa shape index (κ2) is 6.17. The molecule has 7 nitrogen and oxygen atoms in total. The first kappa shape index (κ1) is 14.7. The standard InChI is InChI=1S/C12H18N4O3S/c1-2-4-13-12(17)10-6-15-11(7-14-10)16-9-3-5-20(18,19)8-9/h6-7,9H,2-5,8H2,1H3,(H,13,17)(H,15,16). The van der Waals surface area contributed by atoms with Gasteiger partial charge in [0.05, 0.1) is 23.9 Å². The van der Waals surface area contributed by atoms with Gasteiger partial charge in [0.2, 0.25) is 0 Å². The first-order chi connectivity index (χ1) is 9.50. The van der Waals surface area contributed by atoms with Crippen LogP contribution in [-0.2, 0) is 9.84 Å². The van der Waals surface area contributed by atoms with Crippen LogP contribution >= 0.6 is 0 Å². The topological polar surface area (TPSA) is 101 Å². The van der Waals surface area contributed by atoms with Crippen molar-refractivity contribution in [2.24, 2.45) is 0 Å². The molecule has 1 unspecified atom stereocenters. The maximum atomic E-state index is 11.6. The Hall–Kier alpha value is -1.70. The minimum Gasteiger partial charge on any atom is -0.365 e. The summed E-state index contributed by atoms with van der Waals surface area (Å²) in [6.45, 7) is 2.56. The Morgan fingerprint density at radius 2 is 2.20 bits per heavy atom. The average Bonchev–Trinajstić information content (AvgIpc) is 2.76. The molecule has 1 aromatic rings. The first-order valence-corrected chi connectivity index (χ1v) is 8.39. The molecule has 0 saturated carbocycles. The Morgan fingerprint density at radius 3 is 2.75 bits per heavy atom. The third kappa shape index (κ3) is 3.89. The lowest BCUT2D eigenvalue weighted by molar-refractivity contribution is 0.0948. The number of amides is 1. The van der Waals surface area contributed by atoms with Crippen molar-refractivity contribution in [3.8, 4) is 0 Å². The molecule has 2 heterocycles. The van der Waals surface area contributed by atoms with Gasteiger partial charge < -0.3 is 10.6 Å². The van der Waals surface area contributed by atoms with E-state index in [2.05, 4.69) is 20.6 Å². The van der Waals surface area contributed by atoms with Gasteiger partial charge in [-0.2, -0.15) is 0 Å². The Balaban J connectivity index is 1.93. The number of nitrogens with zero attached hydrogens (tertiary/aromatic N) is 2. The van der Waals surface area contributed by atoms with E-state index < -0.39 is 9.84 Å². The summed E-state index contributed by atoms with van der Waals surface area (Å²) in [6, 6.07) is -0.130. The van der Waals surface area contributed by atoms with Gasteiger partial charge in [0.15, 0.2) is 9.84 Å². The van der Waals surface area contributed by atoms with Gasteiger partial charge in [0, 0.05) is 12.6 Å². The van der Waals surface area contributed by atoms with Crippen LogP contribution in [-0.4, -0.2) is 48.4 Å². The molecule has 1 amide bonds. The summed E-state index contributed by atoms with van der Waals surface area (Å²) < 4.78 is 22.7. The number of aromatic nitrogens is 2. The van der Waals surface area contributed by atoms with Crippen LogP contribution in [0, 0.1) is 0 Å². The smallest absolute Gasteiger partial charge is 0.271 e. The predicted molar refractivity (Wildman–Crippen MR) is 75.3 cm³/mol. The quantitative estimate of drug-likeness (QED) is 0.806. The maximum Gasteiger partial charge on any atom is 0.271 e. The summed E-state index contributed by atoms with van der Waals surface area (Å²) in [5.74, 6) is 0.553. The van der Waals surface area contributed by atoms with Gasteiger partial charge in [0.1, 0.15) is 11.5 Å². The first-order valence-electron chi connectivity index (χ1n) is 6.57. The van der Waals surface area contributed by atoms with Crippen LogP contribution < -0.4 is 10.6 Å². The van der Waals surface area contributed by atoms with Gasteiger partial charge in [0.25, 0.3) is 5.91 Å². The van der Waals surface area contributed by atoms with Gasteiger partial charge in [-0.1, -0.05) is 6.92 Å². The van der Waals surface area contributed by atoms with E-state index in [1.807, 2.05) is 6.92 Å². The van der Waals surface area contributed by atoms with Crippen LogP contribution in [0.25, 0.3) is 0 Å². The van der Waals surface area contributed by atoms with Crippen molar-refractivity contribution in [1.29, 1.82) is 0 Å². The molecule has 0 aromatic carbocycles. The van der Waals surface area contributed by atoms with Crippen LogP contribution in [0.4, 0.5) is 5.82 Å². The third-order valence-corrected chi connectivity index (χ3v) is 4.77. The SMILES string of the molecule is CCCNC(=O)c1cnc(NC2CCS(=O)(=O)C2)cn1. The number of hydrogen-bond acceptors (Lipinski definition) is 6. The zero-order chi connectivity index (χ0) is 14.6. The van der Waals surface area contributed by atoms with Crippen LogP contribution in [0.5, 0.6) is 0 Å². The van der Waals surface area contributed by atoms with E-state index in [0.29, 0.717) is 18.8 Å². The van der Waals surface area contributed by atoms with Crippen molar-refractivity contribution in [3.63, 3.8) is 0 Å². The Kier molecular flexibility index (Phi) is 4.53. The molecule has 20 heavy (non-hydrogen) atoms. The molecular formula is C12H18N4O3S. The van der Waals surface area contributed by atoms with Crippen LogP contribution in [0.3, 0.4) is 0 Å². The highest BCUT2D eigenvalue weighted by Gasteiger charge is 2.27. The predicted octanol–water partition coefficient (Wildman–Crippen LogP) is 0.215. The van der Waals surface area contributed by atoms with Crippen LogP contribution in [0.2, 0.25) is 0 Å². The normalized spacial score (nSPS) is 20.6. The van der Waals surface area contributed by atoms with E-state index in [9.17, 15) is 13.2 Å². The molecule has 1 aromatic heterocycles. The van der Waals surface area contributed by atoms with E-state index in [-0.39, 0.29) is 29.1 Å². The number of rotatable bonds is 5. The van der Waals surface area contributed by atoms with E-state index >= 15 is 0 Å². The number of nitrogens with one attached hydrogen (secondary N) is 2. The maximum absolute atomic E-state index is 11.6. The molecule has 2 rings (SSSR count). The summed E-state index contributed by atoms with van der Waals surface area (Å²) in [5.41, 5.74) is 0.253. The summed E-state index contributed by atoms with van der Waals surface area (Å²) >= 11 is 0. The van der Waals surface area contributed by atoms with Crippen LogP contribution in [0.1, 0.15) is 30.3 Å². The number of carbonyl (C=O) groups excluding carboxylic acids is 1. The summed E-state index contributed by atoms with van der Waals surface area (Å²) in [6.07, 6.45) is 4.26. The van der Waals surface area contributed by atoms with Crippen molar-refractivity contribution < 1.29 is 13.2 Å². The van der Waals surface area contributed by atoms with Gasteiger partial charge in [-0.25, -0.2) is 18.4 Å². The minimum atomic E-state index is -2.92. The fourth-order valence-corrected chi connectivity index (χ4v) is 3.64. The molecule has 2 N–H and O–H groups in total. The van der Waals surface area contributed by atoms with E-state index in [1.165, 1.54) is 12.4 Å². The average molecular weight is 298 g/mol. The molecule has 0 bridgehead atoms. The van der Waals surface area contributed by atoms with Crippen molar-refractivity contribution in [1.82, 2.24) is 15.3 Å². The lowest BCUT2D eigenvalue weighted by Crippen LogP contribution is -2.25. The van der Waals surface area contributed by atoms with Crippen LogP contribution in [0.15, 0.2) is 12.4 Å². The van der Waals surface area contributed by atoms with Crippen molar-refractivity contribution >= 4 is 21.6 Å². The highest BCUT2D eigenvalue weighted by atomic mass is 32.2. The number of hydrogen-bond donors (Lipinski definition) is 2. The molecule has 0 aliphatic carbocycles. The molecule has 1 saturated heterocycles. The second-order valence-corrected chi connectivity index (χ2v) is 7.02. The number of sulfone groups is 1. The van der Waals surface area contributed by atoms with Gasteiger partial charge in [-0.15, -0.1) is 0 Å². The zero-order valence-corrected chi connectivity index (χ0v) is 12.1. The zero-order valence-electron chi connectivity index (χ0n) is 11.3. The summed E-state index contributed by atoms with van der Waals surface area (Å²) in [7, 11) is -2.92. The van der Waals surface area contributed by atoms with Gasteiger partial charge >= 0.3 is 0 Å². The highest BCUT2D eigenvalue weighted by Crippen LogP contribution is 2.15. The van der Waals surface area contributed by atoms with Gasteiger partial charge in [-0.3, -0.25) is 4.79 Å².